The van der Waals surface area contributed by atoms with Gasteiger partial charge in [0.1, 0.15) is 5.82 Å². The fraction of sp³-hybridized carbons (Fsp3) is 0.471. The van der Waals surface area contributed by atoms with Gasteiger partial charge in [-0.25, -0.2) is 4.39 Å². The molecule has 1 aromatic heterocycles. The van der Waals surface area contributed by atoms with Crippen LogP contribution in [0.4, 0.5) is 4.39 Å². The second-order valence-electron chi connectivity index (χ2n) is 5.88. The summed E-state index contributed by atoms with van der Waals surface area (Å²) >= 11 is 0. The minimum absolute atomic E-state index is 0.195. The van der Waals surface area contributed by atoms with E-state index in [-0.39, 0.29) is 17.6 Å². The Labute approximate surface area is 123 Å². The zero-order chi connectivity index (χ0) is 14.7. The lowest BCUT2D eigenvalue weighted by Crippen LogP contribution is -2.33. The number of hydrogen-bond donors (Lipinski definition) is 2. The summed E-state index contributed by atoms with van der Waals surface area (Å²) in [6.07, 6.45) is 8.32. The highest BCUT2D eigenvalue weighted by Crippen LogP contribution is 2.23. The van der Waals surface area contributed by atoms with Gasteiger partial charge in [-0.15, -0.1) is 0 Å². The third-order valence-electron chi connectivity index (χ3n) is 4.40. The first-order valence-electron chi connectivity index (χ1n) is 7.77. The molecule has 0 spiro atoms. The van der Waals surface area contributed by atoms with Crippen LogP contribution in [0.15, 0.2) is 24.4 Å². The molecule has 0 aliphatic heterocycles. The molecule has 0 saturated heterocycles. The van der Waals surface area contributed by atoms with Crippen LogP contribution in [0.3, 0.4) is 0 Å². The average molecular weight is 288 g/mol. The second-order valence-corrected chi connectivity index (χ2v) is 5.88. The van der Waals surface area contributed by atoms with E-state index >= 15 is 0 Å². The van der Waals surface area contributed by atoms with Crippen LogP contribution in [0.1, 0.15) is 37.7 Å². The fourth-order valence-electron chi connectivity index (χ4n) is 3.19. The number of benzene rings is 1. The van der Waals surface area contributed by atoms with Gasteiger partial charge >= 0.3 is 0 Å². The summed E-state index contributed by atoms with van der Waals surface area (Å²) in [7, 11) is 0. The Kier molecular flexibility index (Phi) is 4.23. The minimum atomic E-state index is -0.235. The molecule has 21 heavy (non-hydrogen) atoms. The number of halogens is 1. The lowest BCUT2D eigenvalue weighted by molar-refractivity contribution is -0.125. The van der Waals surface area contributed by atoms with Gasteiger partial charge in [-0.2, -0.15) is 0 Å². The molecule has 3 nitrogen and oxygen atoms in total. The number of aromatic nitrogens is 1. The smallest absolute Gasteiger partial charge is 0.223 e. The Morgan fingerprint density at radius 3 is 2.90 bits per heavy atom. The van der Waals surface area contributed by atoms with Crippen molar-refractivity contribution in [3.05, 3.63) is 35.8 Å². The highest BCUT2D eigenvalue weighted by atomic mass is 19.1. The molecule has 1 aromatic carbocycles. The quantitative estimate of drug-likeness (QED) is 0.888. The normalized spacial score (nSPS) is 16.2. The molecule has 0 bridgehead atoms. The SMILES string of the molecule is O=C(NCCc1c[nH]c2cc(F)ccc12)C1CCCCC1. The van der Waals surface area contributed by atoms with Gasteiger partial charge in [0.25, 0.3) is 0 Å². The van der Waals surface area contributed by atoms with Crippen LogP contribution >= 0.6 is 0 Å². The lowest BCUT2D eigenvalue weighted by atomic mass is 9.88. The number of aromatic amines is 1. The minimum Gasteiger partial charge on any atom is -0.361 e. The van der Waals surface area contributed by atoms with Crippen molar-refractivity contribution < 1.29 is 9.18 Å². The number of rotatable bonds is 4. The maximum absolute atomic E-state index is 13.1. The third kappa shape index (κ3) is 3.26. The molecule has 0 unspecified atom stereocenters. The van der Waals surface area contributed by atoms with E-state index in [1.165, 1.54) is 31.4 Å². The van der Waals surface area contributed by atoms with Gasteiger partial charge in [-0.05, 0) is 43.0 Å². The Morgan fingerprint density at radius 1 is 1.29 bits per heavy atom. The Hall–Kier alpha value is -1.84. The number of carbonyl (C=O) groups excluding carboxylic acids is 1. The average Bonchev–Trinajstić information content (AvgIpc) is 2.90. The molecule has 112 valence electrons. The molecule has 1 fully saturated rings. The maximum atomic E-state index is 13.1. The fourth-order valence-corrected chi connectivity index (χ4v) is 3.19. The standard InChI is InChI=1S/C17H21FN2O/c18-14-6-7-15-13(11-20-16(15)10-14)8-9-19-17(21)12-4-2-1-3-5-12/h6-7,10-12,20H,1-5,8-9H2,(H,19,21). The summed E-state index contributed by atoms with van der Waals surface area (Å²) in [6, 6.07) is 4.76. The van der Waals surface area contributed by atoms with Crippen LogP contribution in [0.2, 0.25) is 0 Å². The molecular formula is C17H21FN2O. The predicted molar refractivity (Wildman–Crippen MR) is 81.5 cm³/mol. The van der Waals surface area contributed by atoms with Crippen LogP contribution < -0.4 is 5.32 Å². The topological polar surface area (TPSA) is 44.9 Å². The summed E-state index contributed by atoms with van der Waals surface area (Å²) in [6.45, 7) is 0.639. The number of amides is 1. The zero-order valence-corrected chi connectivity index (χ0v) is 12.1. The van der Waals surface area contributed by atoms with Crippen molar-refractivity contribution in [3.8, 4) is 0 Å². The number of carbonyl (C=O) groups is 1. The number of fused-ring (bicyclic) bond motifs is 1. The largest absolute Gasteiger partial charge is 0.361 e. The van der Waals surface area contributed by atoms with Crippen LogP contribution in [-0.4, -0.2) is 17.4 Å². The summed E-state index contributed by atoms with van der Waals surface area (Å²) in [5.74, 6) is 0.165. The van der Waals surface area contributed by atoms with E-state index < -0.39 is 0 Å². The van der Waals surface area contributed by atoms with E-state index in [1.54, 1.807) is 6.07 Å². The first-order chi connectivity index (χ1) is 10.2. The first kappa shape index (κ1) is 14.1. The molecule has 0 atom stereocenters. The molecule has 1 heterocycles. The molecular weight excluding hydrogens is 267 g/mol. The van der Waals surface area contributed by atoms with Gasteiger partial charge in [-0.3, -0.25) is 4.79 Å². The summed E-state index contributed by atoms with van der Waals surface area (Å²) < 4.78 is 13.1. The van der Waals surface area contributed by atoms with Gasteiger partial charge in [0.05, 0.1) is 0 Å². The number of hydrogen-bond acceptors (Lipinski definition) is 1. The van der Waals surface area contributed by atoms with E-state index in [1.807, 2.05) is 6.20 Å². The van der Waals surface area contributed by atoms with Gasteiger partial charge in [0, 0.05) is 29.6 Å². The van der Waals surface area contributed by atoms with E-state index in [0.717, 1.165) is 35.7 Å². The van der Waals surface area contributed by atoms with Crippen molar-refractivity contribution >= 4 is 16.8 Å². The van der Waals surface area contributed by atoms with Crippen LogP contribution in [0.25, 0.3) is 10.9 Å². The highest BCUT2D eigenvalue weighted by Gasteiger charge is 2.20. The van der Waals surface area contributed by atoms with Crippen molar-refractivity contribution in [2.24, 2.45) is 5.92 Å². The van der Waals surface area contributed by atoms with Crippen molar-refractivity contribution in [1.29, 1.82) is 0 Å². The number of H-pyrrole nitrogens is 1. The molecule has 4 heteroatoms. The summed E-state index contributed by atoms with van der Waals surface area (Å²) in [5.41, 5.74) is 1.93. The highest BCUT2D eigenvalue weighted by molar-refractivity contribution is 5.83. The zero-order valence-electron chi connectivity index (χ0n) is 12.1. The van der Waals surface area contributed by atoms with Gasteiger partial charge in [-0.1, -0.05) is 19.3 Å². The molecule has 3 rings (SSSR count). The van der Waals surface area contributed by atoms with Crippen LogP contribution in [-0.2, 0) is 11.2 Å². The first-order valence-corrected chi connectivity index (χ1v) is 7.77. The molecule has 2 aromatic rings. The predicted octanol–water partition coefficient (Wildman–Crippen LogP) is 3.55. The van der Waals surface area contributed by atoms with Gasteiger partial charge in [0.2, 0.25) is 5.91 Å². The van der Waals surface area contributed by atoms with E-state index in [4.69, 9.17) is 0 Å². The summed E-state index contributed by atoms with van der Waals surface area (Å²) in [4.78, 5) is 15.1. The monoisotopic (exact) mass is 288 g/mol. The van der Waals surface area contributed by atoms with Gasteiger partial charge in [0.15, 0.2) is 0 Å². The Morgan fingerprint density at radius 2 is 2.10 bits per heavy atom. The Bertz CT molecular complexity index is 629. The third-order valence-corrected chi connectivity index (χ3v) is 4.40. The van der Waals surface area contributed by atoms with Crippen LogP contribution in [0.5, 0.6) is 0 Å². The van der Waals surface area contributed by atoms with Crippen molar-refractivity contribution in [2.75, 3.05) is 6.54 Å². The molecule has 2 N–H and O–H groups in total. The van der Waals surface area contributed by atoms with E-state index in [9.17, 15) is 9.18 Å². The summed E-state index contributed by atoms with van der Waals surface area (Å²) in [5, 5.41) is 4.07. The maximum Gasteiger partial charge on any atom is 0.223 e. The Balaban J connectivity index is 1.55. The van der Waals surface area contributed by atoms with Crippen LogP contribution in [0, 0.1) is 11.7 Å². The number of nitrogens with one attached hydrogen (secondary N) is 2. The van der Waals surface area contributed by atoms with E-state index in [2.05, 4.69) is 10.3 Å². The van der Waals surface area contributed by atoms with Crippen molar-refractivity contribution in [2.45, 2.75) is 38.5 Å². The molecule has 1 amide bonds. The molecule has 1 aliphatic carbocycles. The molecule has 1 saturated carbocycles. The lowest BCUT2D eigenvalue weighted by Gasteiger charge is -2.20. The van der Waals surface area contributed by atoms with Crippen molar-refractivity contribution in [3.63, 3.8) is 0 Å². The molecule has 0 radical (unpaired) electrons. The molecule has 1 aliphatic rings. The van der Waals surface area contributed by atoms with E-state index in [0.29, 0.717) is 6.54 Å². The second kappa shape index (κ2) is 6.29. The van der Waals surface area contributed by atoms with Crippen molar-refractivity contribution in [1.82, 2.24) is 10.3 Å². The van der Waals surface area contributed by atoms with Gasteiger partial charge < -0.3 is 10.3 Å².